The van der Waals surface area contributed by atoms with Gasteiger partial charge < -0.3 is 4.74 Å². The van der Waals surface area contributed by atoms with E-state index >= 15 is 0 Å². The zero-order valence-corrected chi connectivity index (χ0v) is 17.7. The number of benzene rings is 2. The Morgan fingerprint density at radius 1 is 1.00 bits per heavy atom. The van der Waals surface area contributed by atoms with Crippen molar-refractivity contribution in [1.29, 1.82) is 0 Å². The molecule has 2 heterocycles. The Bertz CT molecular complexity index is 1300. The summed E-state index contributed by atoms with van der Waals surface area (Å²) in [4.78, 5) is 0. The first-order valence-corrected chi connectivity index (χ1v) is 11.2. The SMILES string of the molecule is Cc1ccc(C=CS(=O)(=O)NCCOc2ccc3nnc(-c4ccccc4)n3n2)cc1. The molecule has 31 heavy (non-hydrogen) atoms. The summed E-state index contributed by atoms with van der Waals surface area (Å²) >= 11 is 0. The predicted molar refractivity (Wildman–Crippen MR) is 119 cm³/mol. The van der Waals surface area contributed by atoms with Crippen molar-refractivity contribution in [3.8, 4) is 17.3 Å². The molecule has 0 saturated carbocycles. The molecule has 2 aromatic carbocycles. The van der Waals surface area contributed by atoms with E-state index in [0.29, 0.717) is 17.4 Å². The molecule has 1 N–H and O–H groups in total. The number of hydrogen-bond acceptors (Lipinski definition) is 6. The van der Waals surface area contributed by atoms with Crippen LogP contribution < -0.4 is 9.46 Å². The van der Waals surface area contributed by atoms with Gasteiger partial charge in [-0.3, -0.25) is 0 Å². The van der Waals surface area contributed by atoms with Crippen LogP contribution in [0.5, 0.6) is 5.88 Å². The van der Waals surface area contributed by atoms with Gasteiger partial charge in [0, 0.05) is 23.6 Å². The van der Waals surface area contributed by atoms with E-state index in [-0.39, 0.29) is 13.2 Å². The fourth-order valence-corrected chi connectivity index (χ4v) is 3.65. The summed E-state index contributed by atoms with van der Waals surface area (Å²) in [6.07, 6.45) is 1.55. The molecule has 0 saturated heterocycles. The summed E-state index contributed by atoms with van der Waals surface area (Å²) in [6, 6.07) is 20.6. The topological polar surface area (TPSA) is 98.5 Å². The number of aryl methyl sites for hydroxylation is 1. The van der Waals surface area contributed by atoms with Crippen molar-refractivity contribution in [3.05, 3.63) is 83.3 Å². The highest BCUT2D eigenvalue weighted by Crippen LogP contribution is 2.18. The van der Waals surface area contributed by atoms with E-state index in [1.54, 1.807) is 22.7 Å². The van der Waals surface area contributed by atoms with Crippen LogP contribution in [0.1, 0.15) is 11.1 Å². The maximum absolute atomic E-state index is 12.1. The Hall–Kier alpha value is -3.56. The van der Waals surface area contributed by atoms with Crippen molar-refractivity contribution >= 4 is 21.7 Å². The Morgan fingerprint density at radius 2 is 1.77 bits per heavy atom. The van der Waals surface area contributed by atoms with Crippen molar-refractivity contribution in [1.82, 2.24) is 24.5 Å². The Kier molecular flexibility index (Phi) is 6.06. The van der Waals surface area contributed by atoms with Crippen LogP contribution in [0.25, 0.3) is 23.1 Å². The molecule has 0 aliphatic carbocycles. The number of aromatic nitrogens is 4. The molecular formula is C22H21N5O3S. The number of nitrogens with one attached hydrogen (secondary N) is 1. The van der Waals surface area contributed by atoms with Gasteiger partial charge >= 0.3 is 0 Å². The first-order chi connectivity index (χ1) is 15.0. The number of rotatable bonds is 8. The fourth-order valence-electron chi connectivity index (χ4n) is 2.85. The van der Waals surface area contributed by atoms with Gasteiger partial charge in [0.2, 0.25) is 15.9 Å². The summed E-state index contributed by atoms with van der Waals surface area (Å²) in [5, 5.41) is 13.8. The number of fused-ring (bicyclic) bond motifs is 1. The second-order valence-electron chi connectivity index (χ2n) is 6.83. The van der Waals surface area contributed by atoms with Gasteiger partial charge in [-0.25, -0.2) is 13.1 Å². The summed E-state index contributed by atoms with van der Waals surface area (Å²) < 4.78 is 34.0. The molecule has 0 atom stereocenters. The molecule has 0 unspecified atom stereocenters. The molecule has 0 spiro atoms. The van der Waals surface area contributed by atoms with Crippen LogP contribution in [0.2, 0.25) is 0 Å². The third kappa shape index (κ3) is 5.33. The normalized spacial score (nSPS) is 11.9. The average Bonchev–Trinajstić information content (AvgIpc) is 3.20. The summed E-state index contributed by atoms with van der Waals surface area (Å²) in [7, 11) is -3.57. The van der Waals surface area contributed by atoms with E-state index in [1.165, 1.54) is 0 Å². The second-order valence-corrected chi connectivity index (χ2v) is 8.48. The lowest BCUT2D eigenvalue weighted by atomic mass is 10.2. The van der Waals surface area contributed by atoms with Crippen LogP contribution in [0.3, 0.4) is 0 Å². The highest BCUT2D eigenvalue weighted by molar-refractivity contribution is 7.92. The van der Waals surface area contributed by atoms with Crippen LogP contribution in [0.15, 0.2) is 72.1 Å². The highest BCUT2D eigenvalue weighted by Gasteiger charge is 2.10. The Labute approximate surface area is 180 Å². The minimum absolute atomic E-state index is 0.105. The zero-order valence-electron chi connectivity index (χ0n) is 16.8. The van der Waals surface area contributed by atoms with Crippen LogP contribution in [-0.4, -0.2) is 41.4 Å². The monoisotopic (exact) mass is 435 g/mol. The van der Waals surface area contributed by atoms with Gasteiger partial charge in [-0.05, 0) is 24.6 Å². The lowest BCUT2D eigenvalue weighted by molar-refractivity contribution is 0.306. The van der Waals surface area contributed by atoms with Gasteiger partial charge in [0.05, 0.1) is 0 Å². The van der Waals surface area contributed by atoms with Crippen molar-refractivity contribution in [3.63, 3.8) is 0 Å². The largest absolute Gasteiger partial charge is 0.475 e. The van der Waals surface area contributed by atoms with E-state index in [1.807, 2.05) is 61.5 Å². The molecule has 158 valence electrons. The third-order valence-corrected chi connectivity index (χ3v) is 5.54. The van der Waals surface area contributed by atoms with Crippen molar-refractivity contribution in [2.45, 2.75) is 6.92 Å². The predicted octanol–water partition coefficient (Wildman–Crippen LogP) is 3.07. The van der Waals surface area contributed by atoms with E-state index in [2.05, 4.69) is 20.0 Å². The van der Waals surface area contributed by atoms with Gasteiger partial charge in [0.15, 0.2) is 11.5 Å². The second kappa shape index (κ2) is 9.07. The molecule has 0 amide bonds. The van der Waals surface area contributed by atoms with Gasteiger partial charge in [0.1, 0.15) is 6.61 Å². The summed E-state index contributed by atoms with van der Waals surface area (Å²) in [5.41, 5.74) is 3.40. The van der Waals surface area contributed by atoms with E-state index in [0.717, 1.165) is 22.1 Å². The zero-order chi connectivity index (χ0) is 21.7. The smallest absolute Gasteiger partial charge is 0.233 e. The minimum atomic E-state index is -3.57. The van der Waals surface area contributed by atoms with Gasteiger partial charge in [0.25, 0.3) is 0 Å². The maximum atomic E-state index is 12.1. The van der Waals surface area contributed by atoms with Crippen LogP contribution in [0, 0.1) is 6.92 Å². The van der Waals surface area contributed by atoms with Crippen molar-refractivity contribution in [2.75, 3.05) is 13.2 Å². The van der Waals surface area contributed by atoms with Crippen LogP contribution >= 0.6 is 0 Å². The molecular weight excluding hydrogens is 414 g/mol. The number of hydrogen-bond donors (Lipinski definition) is 1. The molecule has 9 heteroatoms. The molecule has 0 bridgehead atoms. The lowest BCUT2D eigenvalue weighted by Crippen LogP contribution is -2.26. The summed E-state index contributed by atoms with van der Waals surface area (Å²) in [5.74, 6) is 0.946. The number of nitrogens with zero attached hydrogens (tertiary/aromatic N) is 4. The van der Waals surface area contributed by atoms with Gasteiger partial charge in [-0.2, -0.15) is 4.52 Å². The highest BCUT2D eigenvalue weighted by atomic mass is 32.2. The van der Waals surface area contributed by atoms with Crippen molar-refractivity contribution in [2.24, 2.45) is 0 Å². The van der Waals surface area contributed by atoms with Gasteiger partial charge in [-0.15, -0.1) is 15.3 Å². The molecule has 0 aliphatic rings. The third-order valence-electron chi connectivity index (χ3n) is 4.44. The molecule has 4 aromatic rings. The molecule has 0 aliphatic heterocycles. The Balaban J connectivity index is 1.35. The van der Waals surface area contributed by atoms with E-state index in [9.17, 15) is 8.42 Å². The lowest BCUT2D eigenvalue weighted by Gasteiger charge is -2.07. The fraction of sp³-hybridized carbons (Fsp3) is 0.136. The van der Waals surface area contributed by atoms with Crippen LogP contribution in [0.4, 0.5) is 0 Å². The van der Waals surface area contributed by atoms with Gasteiger partial charge in [-0.1, -0.05) is 60.2 Å². The average molecular weight is 436 g/mol. The molecule has 4 rings (SSSR count). The first-order valence-electron chi connectivity index (χ1n) is 9.65. The number of ether oxygens (including phenoxy) is 1. The molecule has 8 nitrogen and oxygen atoms in total. The first kappa shape index (κ1) is 20.7. The van der Waals surface area contributed by atoms with Crippen molar-refractivity contribution < 1.29 is 13.2 Å². The minimum Gasteiger partial charge on any atom is -0.475 e. The Morgan fingerprint density at radius 3 is 2.55 bits per heavy atom. The number of sulfonamides is 1. The quantitative estimate of drug-likeness (QED) is 0.427. The maximum Gasteiger partial charge on any atom is 0.233 e. The van der Waals surface area contributed by atoms with E-state index < -0.39 is 10.0 Å². The summed E-state index contributed by atoms with van der Waals surface area (Å²) in [6.45, 7) is 2.21. The molecule has 2 aromatic heterocycles. The molecule has 0 fully saturated rings. The van der Waals surface area contributed by atoms with Crippen LogP contribution in [-0.2, 0) is 10.0 Å². The molecule has 0 radical (unpaired) electrons. The van der Waals surface area contributed by atoms with E-state index in [4.69, 9.17) is 4.74 Å². The standard InChI is InChI=1S/C22H21N5O3S/c1-17-7-9-18(10-8-17)13-16-31(28,29)23-14-15-30-21-12-11-20-24-25-22(27(20)26-21)19-5-3-2-4-6-19/h2-13,16,23H,14-15H2,1H3.